The Morgan fingerprint density at radius 1 is 1.03 bits per heavy atom. The molecule has 0 aliphatic carbocycles. The van der Waals surface area contributed by atoms with Gasteiger partial charge in [0.15, 0.2) is 0 Å². The number of Topliss-reactive ketones (excluding diaryl/α,β-unsaturated/α-hetero) is 1. The van der Waals surface area contributed by atoms with Crippen LogP contribution in [0.2, 0.25) is 0 Å². The zero-order valence-electron chi connectivity index (χ0n) is 20.0. The van der Waals surface area contributed by atoms with E-state index in [2.05, 4.69) is 40.7 Å². The Kier molecular flexibility index (Phi) is 6.16. The van der Waals surface area contributed by atoms with Crippen molar-refractivity contribution < 1.29 is 18.8 Å². The van der Waals surface area contributed by atoms with Crippen LogP contribution in [0, 0.1) is 13.8 Å². The van der Waals surface area contributed by atoms with Gasteiger partial charge in [0.1, 0.15) is 17.6 Å². The number of aryl methyl sites for hydroxylation is 2. The predicted octanol–water partition coefficient (Wildman–Crippen LogP) is 4.47. The maximum Gasteiger partial charge on any atom is 0.296 e. The van der Waals surface area contributed by atoms with Gasteiger partial charge >= 0.3 is 0 Å². The number of ketones is 1. The normalized spacial score (nSPS) is 16.1. The average molecular weight is 472 g/mol. The first-order valence-corrected chi connectivity index (χ1v) is 12.1. The molecule has 1 saturated heterocycles. The second-order valence-corrected chi connectivity index (χ2v) is 9.40. The molecular formula is C28H29N3O4. The van der Waals surface area contributed by atoms with E-state index >= 15 is 0 Å². The van der Waals surface area contributed by atoms with E-state index in [1.54, 1.807) is 18.2 Å². The first-order valence-electron chi connectivity index (χ1n) is 12.1. The molecule has 0 bridgehead atoms. The van der Waals surface area contributed by atoms with Gasteiger partial charge in [-0.1, -0.05) is 18.2 Å². The third-order valence-electron chi connectivity index (χ3n) is 6.69. The standard InChI is InChI=1S/C28H29N3O4/c1-17-6-9-20(23(14-17)31-12-4-3-5-13-31)26(24-11-7-18(2)35-24)30-25(32)16-19-8-10-22-21(15-19)27(33)28(34)29-22/h6-11,14-15,26H,3-5,12-13,16H2,1-2H3,(H,30,32)(H,29,33,34). The minimum atomic E-state index is -0.639. The van der Waals surface area contributed by atoms with Crippen molar-refractivity contribution in [2.75, 3.05) is 23.3 Å². The van der Waals surface area contributed by atoms with Crippen LogP contribution >= 0.6 is 0 Å². The quantitative estimate of drug-likeness (QED) is 0.518. The summed E-state index contributed by atoms with van der Waals surface area (Å²) >= 11 is 0. The van der Waals surface area contributed by atoms with Gasteiger partial charge in [-0.3, -0.25) is 14.4 Å². The third-order valence-corrected chi connectivity index (χ3v) is 6.69. The highest BCUT2D eigenvalue weighted by atomic mass is 16.3. The number of furan rings is 1. The highest BCUT2D eigenvalue weighted by Crippen LogP contribution is 2.34. The van der Waals surface area contributed by atoms with Crippen LogP contribution in [0.5, 0.6) is 0 Å². The minimum absolute atomic E-state index is 0.0792. The first-order chi connectivity index (χ1) is 16.9. The van der Waals surface area contributed by atoms with E-state index in [1.165, 1.54) is 12.0 Å². The van der Waals surface area contributed by atoms with Crippen molar-refractivity contribution in [1.82, 2.24) is 5.32 Å². The molecule has 7 heteroatoms. The average Bonchev–Trinajstić information content (AvgIpc) is 3.41. The van der Waals surface area contributed by atoms with Gasteiger partial charge in [0.25, 0.3) is 11.7 Å². The maximum absolute atomic E-state index is 13.2. The Morgan fingerprint density at radius 2 is 1.83 bits per heavy atom. The van der Waals surface area contributed by atoms with Gasteiger partial charge in [-0.25, -0.2) is 0 Å². The van der Waals surface area contributed by atoms with Crippen molar-refractivity contribution in [3.05, 3.63) is 82.3 Å². The van der Waals surface area contributed by atoms with Crippen LogP contribution in [0.15, 0.2) is 52.9 Å². The summed E-state index contributed by atoms with van der Waals surface area (Å²) < 4.78 is 5.99. The molecule has 180 valence electrons. The van der Waals surface area contributed by atoms with E-state index in [-0.39, 0.29) is 12.3 Å². The monoisotopic (exact) mass is 471 g/mol. The smallest absolute Gasteiger partial charge is 0.296 e. The molecule has 1 unspecified atom stereocenters. The van der Waals surface area contributed by atoms with Gasteiger partial charge < -0.3 is 20.0 Å². The van der Waals surface area contributed by atoms with Crippen LogP contribution in [-0.2, 0) is 16.0 Å². The summed E-state index contributed by atoms with van der Waals surface area (Å²) in [6.45, 7) is 5.95. The fourth-order valence-corrected chi connectivity index (χ4v) is 4.91. The fraction of sp³-hybridized carbons (Fsp3) is 0.321. The number of nitrogens with one attached hydrogen (secondary N) is 2. The van der Waals surface area contributed by atoms with Gasteiger partial charge in [0.2, 0.25) is 5.91 Å². The summed E-state index contributed by atoms with van der Waals surface area (Å²) in [4.78, 5) is 39.4. The lowest BCUT2D eigenvalue weighted by Gasteiger charge is -2.32. The Morgan fingerprint density at radius 3 is 2.57 bits per heavy atom. The topological polar surface area (TPSA) is 91.6 Å². The Labute approximate surface area is 204 Å². The summed E-state index contributed by atoms with van der Waals surface area (Å²) in [7, 11) is 0. The summed E-state index contributed by atoms with van der Waals surface area (Å²) in [6.07, 6.45) is 3.62. The lowest BCUT2D eigenvalue weighted by molar-refractivity contribution is -0.121. The molecule has 1 atom stereocenters. The first kappa shape index (κ1) is 22.9. The highest BCUT2D eigenvalue weighted by molar-refractivity contribution is 6.51. The van der Waals surface area contributed by atoms with Gasteiger partial charge in [0.05, 0.1) is 17.7 Å². The molecule has 35 heavy (non-hydrogen) atoms. The van der Waals surface area contributed by atoms with Gasteiger partial charge in [0, 0.05) is 24.3 Å². The minimum Gasteiger partial charge on any atom is -0.464 e. The summed E-state index contributed by atoms with van der Waals surface area (Å²) in [5, 5.41) is 5.71. The molecule has 5 rings (SSSR count). The van der Waals surface area contributed by atoms with Crippen LogP contribution in [0.3, 0.4) is 0 Å². The molecular weight excluding hydrogens is 442 g/mol. The molecule has 1 aromatic heterocycles. The van der Waals surface area contributed by atoms with Crippen LogP contribution in [-0.4, -0.2) is 30.7 Å². The zero-order chi connectivity index (χ0) is 24.5. The van der Waals surface area contributed by atoms with E-state index < -0.39 is 17.7 Å². The number of carbonyl (C=O) groups excluding carboxylic acids is 3. The van der Waals surface area contributed by atoms with Gasteiger partial charge in [-0.15, -0.1) is 0 Å². The van der Waals surface area contributed by atoms with Gasteiger partial charge in [-0.2, -0.15) is 0 Å². The molecule has 0 saturated carbocycles. The van der Waals surface area contributed by atoms with Crippen molar-refractivity contribution in [2.24, 2.45) is 0 Å². The number of hydrogen-bond donors (Lipinski definition) is 2. The Bertz CT molecular complexity index is 1300. The second-order valence-electron chi connectivity index (χ2n) is 9.40. The van der Waals surface area contributed by atoms with Crippen molar-refractivity contribution in [3.63, 3.8) is 0 Å². The lowest BCUT2D eigenvalue weighted by atomic mass is 9.97. The summed E-state index contributed by atoms with van der Waals surface area (Å²) in [5.74, 6) is 0.0486. The van der Waals surface area contributed by atoms with E-state index in [4.69, 9.17) is 4.42 Å². The van der Waals surface area contributed by atoms with E-state index in [1.807, 2.05) is 19.1 Å². The number of anilines is 2. The Hall–Kier alpha value is -3.87. The number of benzene rings is 2. The maximum atomic E-state index is 13.2. The van der Waals surface area contributed by atoms with E-state index in [0.717, 1.165) is 42.9 Å². The molecule has 2 aromatic carbocycles. The van der Waals surface area contributed by atoms with Crippen LogP contribution in [0.4, 0.5) is 11.4 Å². The van der Waals surface area contributed by atoms with Crippen molar-refractivity contribution in [1.29, 1.82) is 0 Å². The SMILES string of the molecule is Cc1ccc(C(NC(=O)Cc2ccc3c(c2)C(=O)C(=O)N3)c2ccc(C)o2)c(N2CCCCC2)c1. The molecule has 2 aliphatic rings. The van der Waals surface area contributed by atoms with Crippen molar-refractivity contribution >= 4 is 29.0 Å². The number of rotatable bonds is 6. The van der Waals surface area contributed by atoms with E-state index in [9.17, 15) is 14.4 Å². The molecule has 3 heterocycles. The van der Waals surface area contributed by atoms with Crippen molar-refractivity contribution in [2.45, 2.75) is 45.6 Å². The number of fused-ring (bicyclic) bond motifs is 1. The summed E-state index contributed by atoms with van der Waals surface area (Å²) in [5.41, 5.74) is 4.75. The number of amides is 2. The molecule has 0 radical (unpaired) electrons. The van der Waals surface area contributed by atoms with Crippen molar-refractivity contribution in [3.8, 4) is 0 Å². The van der Waals surface area contributed by atoms with Crippen LogP contribution in [0.1, 0.15) is 63.9 Å². The van der Waals surface area contributed by atoms with Crippen LogP contribution < -0.4 is 15.5 Å². The molecule has 2 aliphatic heterocycles. The molecule has 3 aromatic rings. The van der Waals surface area contributed by atoms with Crippen LogP contribution in [0.25, 0.3) is 0 Å². The zero-order valence-corrected chi connectivity index (χ0v) is 20.0. The Balaban J connectivity index is 1.44. The third kappa shape index (κ3) is 4.71. The molecule has 2 amide bonds. The lowest BCUT2D eigenvalue weighted by Crippen LogP contribution is -2.34. The highest BCUT2D eigenvalue weighted by Gasteiger charge is 2.29. The second kappa shape index (κ2) is 9.41. The summed E-state index contributed by atoms with van der Waals surface area (Å²) in [6, 6.07) is 14.7. The number of hydrogen-bond acceptors (Lipinski definition) is 5. The number of piperidine rings is 1. The molecule has 0 spiro atoms. The molecule has 7 nitrogen and oxygen atoms in total. The number of nitrogens with zero attached hydrogens (tertiary/aromatic N) is 1. The number of carbonyl (C=O) groups is 3. The largest absolute Gasteiger partial charge is 0.464 e. The molecule has 1 fully saturated rings. The predicted molar refractivity (Wildman–Crippen MR) is 134 cm³/mol. The molecule has 2 N–H and O–H groups in total. The van der Waals surface area contributed by atoms with E-state index in [0.29, 0.717) is 22.6 Å². The fourth-order valence-electron chi connectivity index (χ4n) is 4.91. The van der Waals surface area contributed by atoms with Gasteiger partial charge in [-0.05, 0) is 74.6 Å².